The maximum absolute atomic E-state index is 11.8. The fraction of sp³-hybridized carbons (Fsp3) is 0.385. The molecule has 1 aromatic rings. The Kier molecular flexibility index (Phi) is 3.38. The highest BCUT2D eigenvalue weighted by Crippen LogP contribution is 2.36. The highest BCUT2D eigenvalue weighted by Gasteiger charge is 2.19. The van der Waals surface area contributed by atoms with Crippen molar-refractivity contribution < 1.29 is 14.3 Å². The predicted molar refractivity (Wildman–Crippen MR) is 65.3 cm³/mol. The van der Waals surface area contributed by atoms with E-state index in [-0.39, 0.29) is 12.7 Å². The Bertz CT molecular complexity index is 520. The van der Waals surface area contributed by atoms with Crippen molar-refractivity contribution in [3.05, 3.63) is 17.7 Å². The number of ether oxygens (including phenoxy) is 2. The first kappa shape index (κ1) is 12.2. The van der Waals surface area contributed by atoms with Crippen LogP contribution in [0.2, 0.25) is 0 Å². The summed E-state index contributed by atoms with van der Waals surface area (Å²) in [7, 11) is 0. The van der Waals surface area contributed by atoms with Gasteiger partial charge in [-0.1, -0.05) is 6.92 Å². The van der Waals surface area contributed by atoms with E-state index in [1.807, 2.05) is 19.1 Å². The molecule has 2 rings (SSSR count). The minimum atomic E-state index is -0.630. The second-order valence-electron chi connectivity index (χ2n) is 4.10. The molecule has 1 heterocycles. The normalized spacial score (nSPS) is 13.8. The summed E-state index contributed by atoms with van der Waals surface area (Å²) in [6.07, 6.45) is 0.492. The van der Waals surface area contributed by atoms with Crippen LogP contribution in [-0.2, 0) is 4.79 Å². The van der Waals surface area contributed by atoms with Crippen LogP contribution in [0.1, 0.15) is 18.9 Å². The van der Waals surface area contributed by atoms with Gasteiger partial charge < -0.3 is 14.8 Å². The van der Waals surface area contributed by atoms with Gasteiger partial charge >= 0.3 is 0 Å². The van der Waals surface area contributed by atoms with E-state index in [1.54, 1.807) is 13.0 Å². The number of nitrogens with zero attached hydrogens (tertiary/aromatic N) is 1. The zero-order chi connectivity index (χ0) is 13.1. The van der Waals surface area contributed by atoms with Crippen LogP contribution in [0.3, 0.4) is 0 Å². The summed E-state index contributed by atoms with van der Waals surface area (Å²) >= 11 is 0. The molecule has 94 valence electrons. The fourth-order valence-corrected chi connectivity index (χ4v) is 1.73. The van der Waals surface area contributed by atoms with Gasteiger partial charge in [-0.25, -0.2) is 0 Å². The van der Waals surface area contributed by atoms with Gasteiger partial charge in [0.2, 0.25) is 12.7 Å². The van der Waals surface area contributed by atoms with Gasteiger partial charge in [-0.05, 0) is 25.0 Å². The lowest BCUT2D eigenvalue weighted by Gasteiger charge is -2.11. The van der Waals surface area contributed by atoms with Crippen molar-refractivity contribution in [2.45, 2.75) is 20.3 Å². The van der Waals surface area contributed by atoms with Gasteiger partial charge in [-0.2, -0.15) is 5.26 Å². The number of nitrogens with one attached hydrogen (secondary N) is 1. The van der Waals surface area contributed by atoms with E-state index in [9.17, 15) is 4.79 Å². The minimum absolute atomic E-state index is 0.196. The van der Waals surface area contributed by atoms with E-state index in [0.29, 0.717) is 23.6 Å². The number of hydrogen-bond acceptors (Lipinski definition) is 4. The van der Waals surface area contributed by atoms with Crippen LogP contribution in [-0.4, -0.2) is 12.7 Å². The van der Waals surface area contributed by atoms with Crippen LogP contribution >= 0.6 is 0 Å². The molecule has 0 aromatic heterocycles. The molecule has 1 aliphatic rings. The number of carbonyl (C=O) groups is 1. The highest BCUT2D eigenvalue weighted by atomic mass is 16.7. The molecule has 0 spiro atoms. The molecule has 1 N–H and O–H groups in total. The molecule has 5 heteroatoms. The smallest absolute Gasteiger partial charge is 0.241 e. The summed E-state index contributed by atoms with van der Waals surface area (Å²) in [5.74, 6) is 0.371. The summed E-state index contributed by atoms with van der Waals surface area (Å²) in [6, 6.07) is 5.51. The first-order chi connectivity index (χ1) is 8.65. The van der Waals surface area contributed by atoms with Crippen molar-refractivity contribution in [1.29, 1.82) is 5.26 Å². The number of hydrogen-bond donors (Lipinski definition) is 1. The van der Waals surface area contributed by atoms with Crippen molar-refractivity contribution in [2.24, 2.45) is 5.92 Å². The molecule has 1 unspecified atom stereocenters. The topological polar surface area (TPSA) is 71.4 Å². The quantitative estimate of drug-likeness (QED) is 0.887. The zero-order valence-electron chi connectivity index (χ0n) is 10.3. The molecule has 1 aromatic carbocycles. The van der Waals surface area contributed by atoms with Crippen LogP contribution < -0.4 is 14.8 Å². The average molecular weight is 246 g/mol. The molecular formula is C13H14N2O3. The highest BCUT2D eigenvalue weighted by molar-refractivity contribution is 5.95. The van der Waals surface area contributed by atoms with E-state index < -0.39 is 5.92 Å². The molecule has 5 nitrogen and oxygen atoms in total. The standard InChI is InChI=1S/C13H14N2O3/c1-3-9(6-14)13(16)15-10-5-12-11(4-8(10)2)17-7-18-12/h4-5,9H,3,7H2,1-2H3,(H,15,16). The summed E-state index contributed by atoms with van der Waals surface area (Å²) in [5, 5.41) is 11.6. The number of amides is 1. The van der Waals surface area contributed by atoms with Gasteiger partial charge in [0.1, 0.15) is 5.92 Å². The molecule has 18 heavy (non-hydrogen) atoms. The molecule has 0 radical (unpaired) electrons. The van der Waals surface area contributed by atoms with Crippen LogP contribution in [0.25, 0.3) is 0 Å². The number of benzene rings is 1. The molecule has 0 bridgehead atoms. The van der Waals surface area contributed by atoms with Gasteiger partial charge in [0.05, 0.1) is 6.07 Å². The van der Waals surface area contributed by atoms with Crippen molar-refractivity contribution in [1.82, 2.24) is 0 Å². The second-order valence-corrected chi connectivity index (χ2v) is 4.10. The van der Waals surface area contributed by atoms with Crippen LogP contribution in [0.15, 0.2) is 12.1 Å². The molecular weight excluding hydrogens is 232 g/mol. The third kappa shape index (κ3) is 2.23. The maximum Gasteiger partial charge on any atom is 0.241 e. The molecule has 1 aliphatic heterocycles. The Balaban J connectivity index is 2.20. The van der Waals surface area contributed by atoms with Crippen molar-refractivity contribution in [3.8, 4) is 17.6 Å². The molecule has 0 saturated heterocycles. The largest absolute Gasteiger partial charge is 0.454 e. The zero-order valence-corrected chi connectivity index (χ0v) is 10.3. The van der Waals surface area contributed by atoms with E-state index in [1.165, 1.54) is 0 Å². The lowest BCUT2D eigenvalue weighted by Crippen LogP contribution is -2.21. The second kappa shape index (κ2) is 4.96. The Morgan fingerprint density at radius 3 is 2.78 bits per heavy atom. The maximum atomic E-state index is 11.8. The molecule has 1 amide bonds. The van der Waals surface area contributed by atoms with Gasteiger partial charge in [0, 0.05) is 11.8 Å². The number of anilines is 1. The van der Waals surface area contributed by atoms with E-state index >= 15 is 0 Å². The summed E-state index contributed by atoms with van der Waals surface area (Å²) < 4.78 is 10.5. The Labute approximate surface area is 105 Å². The SMILES string of the molecule is CCC(C#N)C(=O)Nc1cc2c(cc1C)OCO2. The summed E-state index contributed by atoms with van der Waals surface area (Å²) in [5.41, 5.74) is 1.53. The van der Waals surface area contributed by atoms with Gasteiger partial charge in [-0.3, -0.25) is 4.79 Å². The molecule has 0 aliphatic carbocycles. The van der Waals surface area contributed by atoms with Gasteiger partial charge in [-0.15, -0.1) is 0 Å². The summed E-state index contributed by atoms with van der Waals surface area (Å²) in [4.78, 5) is 11.8. The Morgan fingerprint density at radius 1 is 1.50 bits per heavy atom. The third-order valence-electron chi connectivity index (χ3n) is 2.86. The number of fused-ring (bicyclic) bond motifs is 1. The van der Waals surface area contributed by atoms with Gasteiger partial charge in [0.15, 0.2) is 11.5 Å². The van der Waals surface area contributed by atoms with E-state index in [4.69, 9.17) is 14.7 Å². The number of nitriles is 1. The van der Waals surface area contributed by atoms with Crippen molar-refractivity contribution in [2.75, 3.05) is 12.1 Å². The number of rotatable bonds is 3. The fourth-order valence-electron chi connectivity index (χ4n) is 1.73. The first-order valence-electron chi connectivity index (χ1n) is 5.76. The average Bonchev–Trinajstić information content (AvgIpc) is 2.78. The van der Waals surface area contributed by atoms with E-state index in [0.717, 1.165) is 5.56 Å². The van der Waals surface area contributed by atoms with Crippen molar-refractivity contribution in [3.63, 3.8) is 0 Å². The monoisotopic (exact) mass is 246 g/mol. The van der Waals surface area contributed by atoms with Crippen molar-refractivity contribution >= 4 is 11.6 Å². The Morgan fingerprint density at radius 2 is 2.17 bits per heavy atom. The Hall–Kier alpha value is -2.22. The predicted octanol–water partition coefficient (Wildman–Crippen LogP) is 2.21. The molecule has 0 saturated carbocycles. The van der Waals surface area contributed by atoms with Crippen LogP contribution in [0.4, 0.5) is 5.69 Å². The third-order valence-corrected chi connectivity index (χ3v) is 2.86. The van der Waals surface area contributed by atoms with Crippen LogP contribution in [0.5, 0.6) is 11.5 Å². The van der Waals surface area contributed by atoms with E-state index in [2.05, 4.69) is 5.32 Å². The summed E-state index contributed by atoms with van der Waals surface area (Å²) in [6.45, 7) is 3.87. The molecule has 0 fully saturated rings. The van der Waals surface area contributed by atoms with Crippen LogP contribution in [0, 0.1) is 24.2 Å². The molecule has 1 atom stereocenters. The number of aryl methyl sites for hydroxylation is 1. The minimum Gasteiger partial charge on any atom is -0.454 e. The van der Waals surface area contributed by atoms with Gasteiger partial charge in [0.25, 0.3) is 0 Å². The lowest BCUT2D eigenvalue weighted by molar-refractivity contribution is -0.118. The number of carbonyl (C=O) groups excluding carboxylic acids is 1. The first-order valence-corrected chi connectivity index (χ1v) is 5.76. The lowest BCUT2D eigenvalue weighted by atomic mass is 10.1.